The van der Waals surface area contributed by atoms with E-state index in [1.165, 1.54) is 0 Å². The number of hydrogen-bond acceptors (Lipinski definition) is 4. The molecule has 0 bridgehead atoms. The predicted octanol–water partition coefficient (Wildman–Crippen LogP) is 0.656. The van der Waals surface area contributed by atoms with E-state index in [1.54, 1.807) is 7.11 Å². The molecule has 1 fully saturated rings. The minimum atomic E-state index is 0.288. The summed E-state index contributed by atoms with van der Waals surface area (Å²) in [5.41, 5.74) is 0. The van der Waals surface area contributed by atoms with Crippen LogP contribution < -0.4 is 5.32 Å². The number of nitrogens with zero attached hydrogens (tertiary/aromatic N) is 3. The van der Waals surface area contributed by atoms with Crippen molar-refractivity contribution in [3.8, 4) is 0 Å². The molecule has 2 heterocycles. The molecule has 0 saturated carbocycles. The Morgan fingerprint density at radius 2 is 2.33 bits per heavy atom. The van der Waals surface area contributed by atoms with Gasteiger partial charge in [-0.1, -0.05) is 0 Å². The van der Waals surface area contributed by atoms with Crippen molar-refractivity contribution in [3.05, 3.63) is 11.6 Å². The summed E-state index contributed by atoms with van der Waals surface area (Å²) in [7, 11) is 1.75. The third-order valence-corrected chi connectivity index (χ3v) is 3.02. The van der Waals surface area contributed by atoms with Gasteiger partial charge < -0.3 is 14.6 Å². The van der Waals surface area contributed by atoms with E-state index in [4.69, 9.17) is 4.74 Å². The lowest BCUT2D eigenvalue weighted by atomic mass is 10.2. The molecule has 1 aromatic rings. The van der Waals surface area contributed by atoms with E-state index in [0.717, 1.165) is 31.2 Å². The van der Waals surface area contributed by atoms with Crippen molar-refractivity contribution in [2.24, 2.45) is 0 Å². The molecule has 1 aromatic heterocycles. The highest BCUT2D eigenvalue weighted by molar-refractivity contribution is 5.03. The summed E-state index contributed by atoms with van der Waals surface area (Å²) in [4.78, 5) is 0. The topological polar surface area (TPSA) is 52.0 Å². The van der Waals surface area contributed by atoms with Crippen LogP contribution in [-0.4, -0.2) is 34.5 Å². The first-order chi connectivity index (χ1) is 7.26. The molecule has 84 valence electrons. The van der Waals surface area contributed by atoms with Crippen molar-refractivity contribution < 1.29 is 4.74 Å². The monoisotopic (exact) mass is 210 g/mol. The van der Waals surface area contributed by atoms with Gasteiger partial charge in [0.05, 0.1) is 12.1 Å². The Labute approximate surface area is 89.8 Å². The number of nitrogens with one attached hydrogen (secondary N) is 1. The summed E-state index contributed by atoms with van der Waals surface area (Å²) in [6.07, 6.45) is 1.28. The fourth-order valence-corrected chi connectivity index (χ4v) is 2.13. The summed E-state index contributed by atoms with van der Waals surface area (Å²) in [6, 6.07) is 0.288. The first-order valence-electron chi connectivity index (χ1n) is 5.42. The number of ether oxygens (including phenoxy) is 1. The van der Waals surface area contributed by atoms with Crippen molar-refractivity contribution in [1.29, 1.82) is 0 Å². The van der Waals surface area contributed by atoms with Gasteiger partial charge in [-0.15, -0.1) is 10.2 Å². The van der Waals surface area contributed by atoms with Gasteiger partial charge in [-0.25, -0.2) is 0 Å². The second-order valence-electron chi connectivity index (χ2n) is 3.90. The standard InChI is InChI=1S/C10H18N4O/c1-4-14-7(2)12-13-10(14)9-5-8(15-3)6-11-9/h8-9,11H,4-6H2,1-3H3. The summed E-state index contributed by atoms with van der Waals surface area (Å²) in [5.74, 6) is 2.02. The fourth-order valence-electron chi connectivity index (χ4n) is 2.13. The van der Waals surface area contributed by atoms with E-state index in [2.05, 4.69) is 27.0 Å². The van der Waals surface area contributed by atoms with Crippen LogP contribution in [0.4, 0.5) is 0 Å². The predicted molar refractivity (Wildman–Crippen MR) is 56.6 cm³/mol. The molecule has 2 unspecified atom stereocenters. The van der Waals surface area contributed by atoms with E-state index in [9.17, 15) is 0 Å². The van der Waals surface area contributed by atoms with Crippen LogP contribution in [0.1, 0.15) is 31.0 Å². The Balaban J connectivity index is 2.16. The second-order valence-corrected chi connectivity index (χ2v) is 3.90. The summed E-state index contributed by atoms with van der Waals surface area (Å²) < 4.78 is 7.47. The highest BCUT2D eigenvalue weighted by Crippen LogP contribution is 2.23. The van der Waals surface area contributed by atoms with Crippen LogP contribution in [0.5, 0.6) is 0 Å². The van der Waals surface area contributed by atoms with Gasteiger partial charge in [0.15, 0.2) is 0 Å². The third kappa shape index (κ3) is 1.89. The second kappa shape index (κ2) is 4.28. The number of rotatable bonds is 3. The van der Waals surface area contributed by atoms with Crippen molar-refractivity contribution in [1.82, 2.24) is 20.1 Å². The molecule has 1 N–H and O–H groups in total. The minimum absolute atomic E-state index is 0.288. The SMILES string of the molecule is CCn1c(C)nnc1C1CC(OC)CN1. The Bertz CT molecular complexity index is 336. The fraction of sp³-hybridized carbons (Fsp3) is 0.800. The average Bonchev–Trinajstić information content (AvgIpc) is 2.83. The molecule has 0 aromatic carbocycles. The van der Waals surface area contributed by atoms with Crippen LogP contribution in [0, 0.1) is 6.92 Å². The zero-order valence-electron chi connectivity index (χ0n) is 9.53. The van der Waals surface area contributed by atoms with Crippen LogP contribution in [0.3, 0.4) is 0 Å². The molecular weight excluding hydrogens is 192 g/mol. The quantitative estimate of drug-likeness (QED) is 0.796. The lowest BCUT2D eigenvalue weighted by Crippen LogP contribution is -2.19. The van der Waals surface area contributed by atoms with Crippen molar-refractivity contribution in [3.63, 3.8) is 0 Å². The van der Waals surface area contributed by atoms with Crippen LogP contribution in [-0.2, 0) is 11.3 Å². The zero-order chi connectivity index (χ0) is 10.8. The van der Waals surface area contributed by atoms with Gasteiger partial charge in [-0.2, -0.15) is 0 Å². The highest BCUT2D eigenvalue weighted by Gasteiger charge is 2.28. The normalized spacial score (nSPS) is 26.1. The average molecular weight is 210 g/mol. The highest BCUT2D eigenvalue weighted by atomic mass is 16.5. The maximum absolute atomic E-state index is 5.32. The van der Waals surface area contributed by atoms with E-state index in [1.807, 2.05) is 6.92 Å². The third-order valence-electron chi connectivity index (χ3n) is 3.02. The Hall–Kier alpha value is -0.940. The number of hydrogen-bond donors (Lipinski definition) is 1. The molecule has 1 aliphatic heterocycles. The van der Waals surface area contributed by atoms with E-state index in [0.29, 0.717) is 6.10 Å². The summed E-state index contributed by atoms with van der Waals surface area (Å²) >= 11 is 0. The minimum Gasteiger partial charge on any atom is -0.380 e. The molecule has 0 spiro atoms. The smallest absolute Gasteiger partial charge is 0.150 e. The summed E-state index contributed by atoms with van der Waals surface area (Å²) in [6.45, 7) is 5.92. The lowest BCUT2D eigenvalue weighted by Gasteiger charge is -2.11. The first kappa shape index (κ1) is 10.6. The van der Waals surface area contributed by atoms with Crippen LogP contribution >= 0.6 is 0 Å². The van der Waals surface area contributed by atoms with Crippen LogP contribution in [0.2, 0.25) is 0 Å². The van der Waals surface area contributed by atoms with E-state index in [-0.39, 0.29) is 6.04 Å². The maximum atomic E-state index is 5.32. The molecule has 2 rings (SSSR count). The zero-order valence-corrected chi connectivity index (χ0v) is 9.53. The van der Waals surface area contributed by atoms with Crippen molar-refractivity contribution in [2.75, 3.05) is 13.7 Å². The van der Waals surface area contributed by atoms with Gasteiger partial charge in [0.25, 0.3) is 0 Å². The molecule has 2 atom stereocenters. The molecular formula is C10H18N4O. The number of methoxy groups -OCH3 is 1. The molecule has 15 heavy (non-hydrogen) atoms. The van der Waals surface area contributed by atoms with E-state index < -0.39 is 0 Å². The van der Waals surface area contributed by atoms with Gasteiger partial charge in [-0.05, 0) is 20.3 Å². The van der Waals surface area contributed by atoms with Gasteiger partial charge in [0, 0.05) is 20.2 Å². The van der Waals surface area contributed by atoms with Crippen LogP contribution in [0.15, 0.2) is 0 Å². The molecule has 5 heteroatoms. The Morgan fingerprint density at radius 1 is 1.53 bits per heavy atom. The van der Waals surface area contributed by atoms with Crippen LogP contribution in [0.25, 0.3) is 0 Å². The molecule has 1 saturated heterocycles. The lowest BCUT2D eigenvalue weighted by molar-refractivity contribution is 0.117. The molecule has 1 aliphatic rings. The van der Waals surface area contributed by atoms with Crippen molar-refractivity contribution in [2.45, 2.75) is 39.0 Å². The van der Waals surface area contributed by atoms with Gasteiger partial charge >= 0.3 is 0 Å². The van der Waals surface area contributed by atoms with Gasteiger partial charge in [0.2, 0.25) is 0 Å². The number of aromatic nitrogens is 3. The molecule has 0 radical (unpaired) electrons. The van der Waals surface area contributed by atoms with Gasteiger partial charge in [-0.3, -0.25) is 0 Å². The number of aryl methyl sites for hydroxylation is 1. The van der Waals surface area contributed by atoms with Crippen molar-refractivity contribution >= 4 is 0 Å². The Morgan fingerprint density at radius 3 is 2.93 bits per heavy atom. The Kier molecular flexibility index (Phi) is 3.02. The largest absolute Gasteiger partial charge is 0.380 e. The molecule has 0 amide bonds. The summed E-state index contributed by atoms with van der Waals surface area (Å²) in [5, 5.41) is 11.8. The molecule has 0 aliphatic carbocycles. The van der Waals surface area contributed by atoms with Gasteiger partial charge in [0.1, 0.15) is 11.6 Å². The molecule has 5 nitrogen and oxygen atoms in total. The van der Waals surface area contributed by atoms with E-state index >= 15 is 0 Å². The maximum Gasteiger partial charge on any atom is 0.150 e. The first-order valence-corrected chi connectivity index (χ1v) is 5.42.